The number of nitrogens with zero attached hydrogens (tertiary/aromatic N) is 3. The number of ether oxygens (including phenoxy) is 1. The van der Waals surface area contributed by atoms with Gasteiger partial charge in [0, 0.05) is 33.0 Å². The summed E-state index contributed by atoms with van der Waals surface area (Å²) >= 11 is 1.73. The summed E-state index contributed by atoms with van der Waals surface area (Å²) in [5.74, 6) is 1.53. The van der Waals surface area contributed by atoms with Crippen molar-refractivity contribution in [3.63, 3.8) is 0 Å². The van der Waals surface area contributed by atoms with Gasteiger partial charge < -0.3 is 4.74 Å². The zero-order valence-corrected chi connectivity index (χ0v) is 16.1. The number of rotatable bonds is 4. The van der Waals surface area contributed by atoms with Gasteiger partial charge in [0.1, 0.15) is 5.75 Å². The van der Waals surface area contributed by atoms with Crippen LogP contribution in [0.4, 0.5) is 0 Å². The number of fused-ring (bicyclic) bond motifs is 3. The molecule has 0 aliphatic heterocycles. The summed E-state index contributed by atoms with van der Waals surface area (Å²) in [7, 11) is 1.68. The van der Waals surface area contributed by atoms with Crippen LogP contribution < -0.4 is 4.74 Å². The maximum absolute atomic E-state index is 5.28. The maximum atomic E-state index is 5.28. The number of benzene rings is 3. The van der Waals surface area contributed by atoms with Crippen LogP contribution in [-0.2, 0) is 0 Å². The highest BCUT2D eigenvalue weighted by molar-refractivity contribution is 7.99. The summed E-state index contributed by atoms with van der Waals surface area (Å²) in [5, 5.41) is 2.39. The molecule has 4 nitrogen and oxygen atoms in total. The van der Waals surface area contributed by atoms with Crippen LogP contribution in [0.5, 0.6) is 5.75 Å². The molecule has 3 aromatic carbocycles. The Morgan fingerprint density at radius 2 is 1.54 bits per heavy atom. The summed E-state index contributed by atoms with van der Waals surface area (Å²) in [6.07, 6.45) is 3.56. The number of hydrogen-bond acceptors (Lipinski definition) is 4. The van der Waals surface area contributed by atoms with Crippen molar-refractivity contribution < 1.29 is 4.74 Å². The first-order valence-electron chi connectivity index (χ1n) is 8.96. The van der Waals surface area contributed by atoms with Gasteiger partial charge in [0.05, 0.1) is 18.1 Å². The summed E-state index contributed by atoms with van der Waals surface area (Å²) in [6.45, 7) is 0. The van der Waals surface area contributed by atoms with E-state index in [0.29, 0.717) is 5.95 Å². The molecule has 0 aliphatic rings. The molecule has 5 rings (SSSR count). The summed E-state index contributed by atoms with van der Waals surface area (Å²) < 4.78 is 7.43. The number of aromatic nitrogens is 3. The van der Waals surface area contributed by atoms with Crippen molar-refractivity contribution in [3.05, 3.63) is 85.2 Å². The van der Waals surface area contributed by atoms with Crippen LogP contribution in [0.2, 0.25) is 0 Å². The van der Waals surface area contributed by atoms with Crippen LogP contribution in [0, 0.1) is 0 Å². The van der Waals surface area contributed by atoms with Gasteiger partial charge in [-0.3, -0.25) is 4.57 Å². The number of hydrogen-bond donors (Lipinski definition) is 0. The molecule has 0 bridgehead atoms. The lowest BCUT2D eigenvalue weighted by Crippen LogP contribution is -2.00. The van der Waals surface area contributed by atoms with E-state index >= 15 is 0 Å². The zero-order valence-electron chi connectivity index (χ0n) is 15.2. The molecule has 5 heteroatoms. The molecule has 0 amide bonds. The Bertz CT molecular complexity index is 1260. The third kappa shape index (κ3) is 2.80. The minimum atomic E-state index is 0.677. The molecule has 0 atom stereocenters. The van der Waals surface area contributed by atoms with E-state index in [-0.39, 0.29) is 0 Å². The van der Waals surface area contributed by atoms with E-state index in [1.807, 2.05) is 18.2 Å². The SMILES string of the molecule is COc1ccc(Sc2cccc3c4ccccc4n(-c4ncccn4)c23)cc1. The van der Waals surface area contributed by atoms with Crippen LogP contribution in [-0.4, -0.2) is 21.6 Å². The standard InChI is InChI=1S/C23H17N3OS/c1-27-16-10-12-17(13-11-16)28-21-9-4-7-19-18-6-2-3-8-20(18)26(22(19)21)23-24-14-5-15-25-23/h2-15H,1H3. The van der Waals surface area contributed by atoms with Gasteiger partial charge in [0.25, 0.3) is 0 Å². The predicted molar refractivity (Wildman–Crippen MR) is 113 cm³/mol. The van der Waals surface area contributed by atoms with Crippen LogP contribution in [0.3, 0.4) is 0 Å². The van der Waals surface area contributed by atoms with Gasteiger partial charge >= 0.3 is 0 Å². The van der Waals surface area contributed by atoms with E-state index in [1.54, 1.807) is 31.3 Å². The Morgan fingerprint density at radius 1 is 0.786 bits per heavy atom. The van der Waals surface area contributed by atoms with Gasteiger partial charge in [-0.25, -0.2) is 9.97 Å². The van der Waals surface area contributed by atoms with Gasteiger partial charge in [-0.2, -0.15) is 0 Å². The van der Waals surface area contributed by atoms with E-state index in [2.05, 4.69) is 69.1 Å². The van der Waals surface area contributed by atoms with Gasteiger partial charge in [-0.15, -0.1) is 0 Å². The van der Waals surface area contributed by atoms with Gasteiger partial charge in [0.15, 0.2) is 0 Å². The molecular formula is C23H17N3OS. The highest BCUT2D eigenvalue weighted by Crippen LogP contribution is 2.39. The summed E-state index contributed by atoms with van der Waals surface area (Å²) in [5.41, 5.74) is 2.22. The van der Waals surface area contributed by atoms with Crippen molar-refractivity contribution in [3.8, 4) is 11.7 Å². The first kappa shape index (κ1) is 16.8. The monoisotopic (exact) mass is 383 g/mol. The molecule has 0 fully saturated rings. The highest BCUT2D eigenvalue weighted by atomic mass is 32.2. The molecule has 0 radical (unpaired) electrons. The smallest absolute Gasteiger partial charge is 0.234 e. The molecule has 0 saturated heterocycles. The van der Waals surface area contributed by atoms with Gasteiger partial charge in [-0.1, -0.05) is 42.1 Å². The fraction of sp³-hybridized carbons (Fsp3) is 0.0435. The lowest BCUT2D eigenvalue weighted by molar-refractivity contribution is 0.414. The predicted octanol–water partition coefficient (Wildman–Crippen LogP) is 5.73. The number of methoxy groups -OCH3 is 1. The second-order valence-corrected chi connectivity index (χ2v) is 7.45. The van der Waals surface area contributed by atoms with Gasteiger partial charge in [-0.05, 0) is 42.5 Å². The Balaban J connectivity index is 1.76. The normalized spacial score (nSPS) is 11.2. The average molecular weight is 383 g/mol. The largest absolute Gasteiger partial charge is 0.497 e. The van der Waals surface area contributed by atoms with Gasteiger partial charge in [0.2, 0.25) is 5.95 Å². The van der Waals surface area contributed by atoms with Crippen LogP contribution >= 0.6 is 11.8 Å². The van der Waals surface area contributed by atoms with Crippen molar-refractivity contribution in [2.45, 2.75) is 9.79 Å². The van der Waals surface area contributed by atoms with Crippen molar-refractivity contribution in [2.24, 2.45) is 0 Å². The highest BCUT2D eigenvalue weighted by Gasteiger charge is 2.17. The molecule has 136 valence electrons. The molecule has 0 saturated carbocycles. The molecule has 0 N–H and O–H groups in total. The Morgan fingerprint density at radius 3 is 2.32 bits per heavy atom. The topological polar surface area (TPSA) is 39.9 Å². The molecule has 0 aliphatic carbocycles. The lowest BCUT2D eigenvalue weighted by atomic mass is 10.1. The Labute approximate surface area is 166 Å². The van der Waals surface area contributed by atoms with E-state index in [9.17, 15) is 0 Å². The van der Waals surface area contributed by atoms with E-state index in [4.69, 9.17) is 4.74 Å². The minimum absolute atomic E-state index is 0.677. The average Bonchev–Trinajstić information content (AvgIpc) is 3.10. The minimum Gasteiger partial charge on any atom is -0.497 e. The third-order valence-electron chi connectivity index (χ3n) is 4.70. The number of para-hydroxylation sites is 2. The first-order valence-corrected chi connectivity index (χ1v) is 9.78. The lowest BCUT2D eigenvalue weighted by Gasteiger charge is -2.09. The molecule has 0 spiro atoms. The van der Waals surface area contributed by atoms with Crippen LogP contribution in [0.1, 0.15) is 0 Å². The fourth-order valence-corrected chi connectivity index (χ4v) is 4.43. The first-order chi connectivity index (χ1) is 13.8. The zero-order chi connectivity index (χ0) is 18.9. The van der Waals surface area contributed by atoms with Crippen molar-refractivity contribution >= 4 is 33.6 Å². The van der Waals surface area contributed by atoms with E-state index in [0.717, 1.165) is 26.6 Å². The van der Waals surface area contributed by atoms with Crippen molar-refractivity contribution in [2.75, 3.05) is 7.11 Å². The van der Waals surface area contributed by atoms with E-state index in [1.165, 1.54) is 10.8 Å². The second-order valence-electron chi connectivity index (χ2n) is 6.33. The Kier molecular flexibility index (Phi) is 4.22. The fourth-order valence-electron chi connectivity index (χ4n) is 3.45. The molecule has 5 aromatic rings. The van der Waals surface area contributed by atoms with Crippen molar-refractivity contribution in [1.29, 1.82) is 0 Å². The molecule has 0 unspecified atom stereocenters. The second kappa shape index (κ2) is 7.02. The molecule has 28 heavy (non-hydrogen) atoms. The van der Waals surface area contributed by atoms with Crippen LogP contribution in [0.25, 0.3) is 27.8 Å². The summed E-state index contributed by atoms with van der Waals surface area (Å²) in [6, 6.07) is 24.8. The Hall–Kier alpha value is -3.31. The maximum Gasteiger partial charge on any atom is 0.234 e. The molecule has 2 aromatic heterocycles. The van der Waals surface area contributed by atoms with Crippen LogP contribution in [0.15, 0.2) is 95.0 Å². The quantitative estimate of drug-likeness (QED) is 0.397. The third-order valence-corrected chi connectivity index (χ3v) is 5.75. The van der Waals surface area contributed by atoms with E-state index < -0.39 is 0 Å². The molecular weight excluding hydrogens is 366 g/mol. The summed E-state index contributed by atoms with van der Waals surface area (Å²) in [4.78, 5) is 11.3. The van der Waals surface area contributed by atoms with Crippen molar-refractivity contribution in [1.82, 2.24) is 14.5 Å². The molecule has 2 heterocycles.